The molecule has 1 fully saturated rings. The van der Waals surface area contributed by atoms with Crippen LogP contribution >= 0.6 is 24.0 Å². The number of halogens is 1. The molecule has 0 aliphatic carbocycles. The molecule has 0 radical (unpaired) electrons. The van der Waals surface area contributed by atoms with Gasteiger partial charge < -0.3 is 19.7 Å². The molecule has 1 aromatic heterocycles. The van der Waals surface area contributed by atoms with Gasteiger partial charge in [-0.2, -0.15) is 5.10 Å². The van der Waals surface area contributed by atoms with Crippen LogP contribution in [-0.2, 0) is 11.3 Å². The summed E-state index contributed by atoms with van der Waals surface area (Å²) >= 11 is 0. The van der Waals surface area contributed by atoms with E-state index in [1.54, 1.807) is 13.4 Å². The molecule has 0 amide bonds. The van der Waals surface area contributed by atoms with E-state index in [4.69, 9.17) is 14.5 Å². The number of ether oxygens (including phenoxy) is 2. The zero-order valence-electron chi connectivity index (χ0n) is 17.1. The van der Waals surface area contributed by atoms with E-state index >= 15 is 0 Å². The number of nitrogens with one attached hydrogen (secondary N) is 2. The van der Waals surface area contributed by atoms with Gasteiger partial charge in [0.15, 0.2) is 5.96 Å². The van der Waals surface area contributed by atoms with Crippen LogP contribution in [0, 0.1) is 0 Å². The number of aromatic nitrogens is 3. The van der Waals surface area contributed by atoms with Gasteiger partial charge in [-0.05, 0) is 25.8 Å². The Bertz CT molecular complexity index is 732. The average Bonchev–Trinajstić information content (AvgIpc) is 3.28. The van der Waals surface area contributed by atoms with Crippen LogP contribution in [0.1, 0.15) is 37.1 Å². The second-order valence-corrected chi connectivity index (χ2v) is 6.73. The summed E-state index contributed by atoms with van der Waals surface area (Å²) in [6.07, 6.45) is 3.67. The second kappa shape index (κ2) is 12.6. The van der Waals surface area contributed by atoms with Crippen molar-refractivity contribution in [1.82, 2.24) is 25.4 Å². The van der Waals surface area contributed by atoms with Crippen LogP contribution in [0.5, 0.6) is 5.75 Å². The third-order valence-electron chi connectivity index (χ3n) is 4.90. The normalized spacial score (nSPS) is 15.1. The number of aliphatic imine (C=N–C) groups is 1. The van der Waals surface area contributed by atoms with Gasteiger partial charge in [-0.3, -0.25) is 10.1 Å². The number of hydrogen-bond donors (Lipinski definition) is 2. The number of rotatable bonds is 8. The van der Waals surface area contributed by atoms with Gasteiger partial charge in [0.2, 0.25) is 0 Å². The molecule has 3 rings (SSSR count). The van der Waals surface area contributed by atoms with E-state index < -0.39 is 0 Å². The van der Waals surface area contributed by atoms with Gasteiger partial charge in [0.05, 0.1) is 26.9 Å². The van der Waals surface area contributed by atoms with Crippen LogP contribution in [0.2, 0.25) is 0 Å². The van der Waals surface area contributed by atoms with Crippen molar-refractivity contribution in [3.8, 4) is 5.75 Å². The number of hydrogen-bond acceptors (Lipinski definition) is 5. The third-order valence-corrected chi connectivity index (χ3v) is 4.90. The van der Waals surface area contributed by atoms with E-state index in [0.29, 0.717) is 25.7 Å². The van der Waals surface area contributed by atoms with Gasteiger partial charge in [-0.15, -0.1) is 24.0 Å². The number of nitrogens with zero attached hydrogens (tertiary/aromatic N) is 4. The predicted octanol–water partition coefficient (Wildman–Crippen LogP) is 2.79. The van der Waals surface area contributed by atoms with E-state index in [0.717, 1.165) is 55.6 Å². The maximum atomic E-state index is 5.79. The molecule has 0 saturated carbocycles. The average molecular weight is 514 g/mol. The summed E-state index contributed by atoms with van der Waals surface area (Å²) in [6.45, 7) is 6.58. The predicted molar refractivity (Wildman–Crippen MR) is 124 cm³/mol. The standard InChI is InChI=1S/C20H30N6O2.HI/c1-3-21-20(26-11-8-16(9-12-26)19-23-15-24-25-19)22-10-13-28-14-17-6-4-5-7-18(17)27-2;/h4-7,15-16H,3,8-14H2,1-2H3,(H,21,22)(H,23,24,25);1H. The minimum atomic E-state index is 0. The summed E-state index contributed by atoms with van der Waals surface area (Å²) in [6, 6.07) is 7.92. The van der Waals surface area contributed by atoms with Crippen LogP contribution in [0.3, 0.4) is 0 Å². The SMILES string of the molecule is CCNC(=NCCOCc1ccccc1OC)N1CCC(c2ncn[nH]2)CC1.I. The smallest absolute Gasteiger partial charge is 0.193 e. The first-order chi connectivity index (χ1) is 13.8. The molecule has 29 heavy (non-hydrogen) atoms. The molecule has 2 heterocycles. The van der Waals surface area contributed by atoms with Gasteiger partial charge in [0, 0.05) is 31.1 Å². The van der Waals surface area contributed by atoms with E-state index in [1.165, 1.54) is 0 Å². The number of likely N-dealkylation sites (tertiary alicyclic amines) is 1. The molecule has 160 valence electrons. The fraction of sp³-hybridized carbons (Fsp3) is 0.550. The van der Waals surface area contributed by atoms with E-state index in [9.17, 15) is 0 Å². The van der Waals surface area contributed by atoms with Gasteiger partial charge in [-0.25, -0.2) is 4.98 Å². The summed E-state index contributed by atoms with van der Waals surface area (Å²) in [7, 11) is 1.68. The summed E-state index contributed by atoms with van der Waals surface area (Å²) in [4.78, 5) is 11.4. The van der Waals surface area contributed by atoms with E-state index in [2.05, 4.69) is 32.3 Å². The lowest BCUT2D eigenvalue weighted by atomic mass is 9.96. The summed E-state index contributed by atoms with van der Waals surface area (Å²) in [5, 5.41) is 10.4. The van der Waals surface area contributed by atoms with Crippen LogP contribution < -0.4 is 10.1 Å². The highest BCUT2D eigenvalue weighted by Crippen LogP contribution is 2.25. The van der Waals surface area contributed by atoms with Gasteiger partial charge >= 0.3 is 0 Å². The van der Waals surface area contributed by atoms with Crippen LogP contribution in [0.4, 0.5) is 0 Å². The number of para-hydroxylation sites is 1. The Morgan fingerprint density at radius 1 is 1.31 bits per heavy atom. The Kier molecular flexibility index (Phi) is 10.2. The fourth-order valence-corrected chi connectivity index (χ4v) is 3.42. The second-order valence-electron chi connectivity index (χ2n) is 6.73. The molecule has 1 aliphatic rings. The molecule has 2 N–H and O–H groups in total. The Balaban J connectivity index is 0.00000300. The van der Waals surface area contributed by atoms with Crippen molar-refractivity contribution in [1.29, 1.82) is 0 Å². The van der Waals surface area contributed by atoms with Crippen molar-refractivity contribution in [3.05, 3.63) is 42.0 Å². The first-order valence-corrected chi connectivity index (χ1v) is 9.90. The number of aromatic amines is 1. The van der Waals surface area contributed by atoms with Gasteiger partial charge in [0.1, 0.15) is 17.9 Å². The topological polar surface area (TPSA) is 87.7 Å². The molecule has 0 bridgehead atoms. The highest BCUT2D eigenvalue weighted by Gasteiger charge is 2.24. The Morgan fingerprint density at radius 2 is 2.10 bits per heavy atom. The van der Waals surface area contributed by atoms with Crippen molar-refractivity contribution in [3.63, 3.8) is 0 Å². The Morgan fingerprint density at radius 3 is 2.79 bits per heavy atom. The molecule has 2 aromatic rings. The van der Waals surface area contributed by atoms with E-state index in [-0.39, 0.29) is 24.0 Å². The number of guanidine groups is 1. The number of benzene rings is 1. The molecule has 0 atom stereocenters. The Labute approximate surface area is 189 Å². The fourth-order valence-electron chi connectivity index (χ4n) is 3.42. The molecule has 1 aromatic carbocycles. The van der Waals surface area contributed by atoms with Crippen molar-refractivity contribution < 1.29 is 9.47 Å². The largest absolute Gasteiger partial charge is 0.496 e. The minimum Gasteiger partial charge on any atom is -0.496 e. The first-order valence-electron chi connectivity index (χ1n) is 9.90. The highest BCUT2D eigenvalue weighted by atomic mass is 127. The minimum absolute atomic E-state index is 0. The van der Waals surface area contributed by atoms with Gasteiger partial charge in [0.25, 0.3) is 0 Å². The molecule has 1 aliphatic heterocycles. The molecule has 8 nitrogen and oxygen atoms in total. The molecule has 1 saturated heterocycles. The summed E-state index contributed by atoms with van der Waals surface area (Å²) < 4.78 is 11.1. The number of methoxy groups -OCH3 is 1. The highest BCUT2D eigenvalue weighted by molar-refractivity contribution is 14.0. The third kappa shape index (κ3) is 6.84. The number of H-pyrrole nitrogens is 1. The lowest BCUT2D eigenvalue weighted by Crippen LogP contribution is -2.45. The zero-order valence-corrected chi connectivity index (χ0v) is 19.5. The van der Waals surface area contributed by atoms with Crippen molar-refractivity contribution in [2.75, 3.05) is 39.9 Å². The maximum Gasteiger partial charge on any atom is 0.193 e. The number of piperidine rings is 1. The van der Waals surface area contributed by atoms with E-state index in [1.807, 2.05) is 24.3 Å². The summed E-state index contributed by atoms with van der Waals surface area (Å²) in [5.41, 5.74) is 1.05. The zero-order chi connectivity index (χ0) is 19.6. The quantitative estimate of drug-likeness (QED) is 0.244. The van der Waals surface area contributed by atoms with Gasteiger partial charge in [-0.1, -0.05) is 18.2 Å². The van der Waals surface area contributed by atoms with Crippen molar-refractivity contribution >= 4 is 29.9 Å². The molecular formula is C20H31IN6O2. The molecule has 0 unspecified atom stereocenters. The van der Waals surface area contributed by atoms with Crippen molar-refractivity contribution in [2.45, 2.75) is 32.3 Å². The lowest BCUT2D eigenvalue weighted by Gasteiger charge is -2.33. The Hall–Kier alpha value is -1.88. The molecular weight excluding hydrogens is 483 g/mol. The van der Waals surface area contributed by atoms with Crippen molar-refractivity contribution in [2.24, 2.45) is 4.99 Å². The monoisotopic (exact) mass is 514 g/mol. The molecule has 9 heteroatoms. The maximum absolute atomic E-state index is 5.79. The van der Waals surface area contributed by atoms with Crippen LogP contribution in [0.25, 0.3) is 0 Å². The summed E-state index contributed by atoms with van der Waals surface area (Å²) in [5.74, 6) is 3.26. The van der Waals surface area contributed by atoms with Crippen LogP contribution in [-0.4, -0.2) is 65.9 Å². The molecule has 0 spiro atoms. The van der Waals surface area contributed by atoms with Crippen LogP contribution in [0.15, 0.2) is 35.6 Å². The first kappa shape index (κ1) is 23.4. The lowest BCUT2D eigenvalue weighted by molar-refractivity contribution is 0.126.